The van der Waals surface area contributed by atoms with Crippen LogP contribution in [0.25, 0.3) is 0 Å². The highest BCUT2D eigenvalue weighted by molar-refractivity contribution is 5.24. The van der Waals surface area contributed by atoms with E-state index in [0.717, 1.165) is 36.5 Å². The normalized spacial score (nSPS) is 45.0. The number of rotatable bonds is 5. The van der Waals surface area contributed by atoms with E-state index in [1.807, 2.05) is 5.57 Å². The van der Waals surface area contributed by atoms with Crippen LogP contribution in [0.5, 0.6) is 0 Å². The molecule has 28 heavy (non-hydrogen) atoms. The summed E-state index contributed by atoms with van der Waals surface area (Å²) in [7, 11) is 0. The molecule has 3 fully saturated rings. The molecule has 0 heterocycles. The molecule has 0 aromatic rings. The van der Waals surface area contributed by atoms with Crippen LogP contribution in [-0.4, -0.2) is 11.2 Å². The van der Waals surface area contributed by atoms with Gasteiger partial charge in [0.2, 0.25) is 0 Å². The molecule has 0 aromatic heterocycles. The Morgan fingerprint density at radius 2 is 1.79 bits per heavy atom. The van der Waals surface area contributed by atoms with Crippen LogP contribution in [0.15, 0.2) is 11.6 Å². The topological polar surface area (TPSA) is 20.2 Å². The van der Waals surface area contributed by atoms with E-state index in [4.69, 9.17) is 0 Å². The first-order chi connectivity index (χ1) is 13.3. The third-order valence-corrected chi connectivity index (χ3v) is 10.4. The minimum Gasteiger partial charge on any atom is -0.393 e. The minimum atomic E-state index is -0.102. The number of aliphatic hydroxyl groups excluding tert-OH is 1. The van der Waals surface area contributed by atoms with Gasteiger partial charge in [-0.25, -0.2) is 0 Å². The van der Waals surface area contributed by atoms with Gasteiger partial charge in [0.25, 0.3) is 0 Å². The van der Waals surface area contributed by atoms with Crippen molar-refractivity contribution in [1.82, 2.24) is 0 Å². The van der Waals surface area contributed by atoms with E-state index in [9.17, 15) is 5.11 Å². The van der Waals surface area contributed by atoms with Crippen molar-refractivity contribution < 1.29 is 5.11 Å². The van der Waals surface area contributed by atoms with Gasteiger partial charge in [-0.1, -0.05) is 52.7 Å². The Morgan fingerprint density at radius 3 is 2.54 bits per heavy atom. The van der Waals surface area contributed by atoms with Crippen LogP contribution >= 0.6 is 0 Å². The maximum atomic E-state index is 11.0. The van der Waals surface area contributed by atoms with Crippen molar-refractivity contribution >= 4 is 0 Å². The Kier molecular flexibility index (Phi) is 5.80. The van der Waals surface area contributed by atoms with Crippen molar-refractivity contribution in [3.05, 3.63) is 11.6 Å². The quantitative estimate of drug-likeness (QED) is 0.488. The summed E-state index contributed by atoms with van der Waals surface area (Å²) in [6.07, 6.45) is 17.4. The van der Waals surface area contributed by atoms with E-state index >= 15 is 0 Å². The summed E-state index contributed by atoms with van der Waals surface area (Å²) in [4.78, 5) is 0. The third kappa shape index (κ3) is 3.32. The summed E-state index contributed by atoms with van der Waals surface area (Å²) in [5.74, 6) is 4.63. The standard InChI is InChI=1S/C27H46O/c1-18(2)9-14-25(28)19(3)22-12-13-23-21-11-10-20-8-6-7-16-26(20,4)24(21)15-17-27(22,23)5/h10,18-19,21-25,28H,6-9,11-17H2,1-5H3/t19-,21-,22+,23-,24-,25?,26-,27+/m0/s1. The summed E-state index contributed by atoms with van der Waals surface area (Å²) in [5.41, 5.74) is 2.81. The molecule has 0 spiro atoms. The molecular formula is C27H46O. The van der Waals surface area contributed by atoms with E-state index in [1.54, 1.807) is 0 Å². The van der Waals surface area contributed by atoms with Gasteiger partial charge in [0, 0.05) is 0 Å². The van der Waals surface area contributed by atoms with E-state index < -0.39 is 0 Å². The van der Waals surface area contributed by atoms with Gasteiger partial charge in [-0.2, -0.15) is 0 Å². The van der Waals surface area contributed by atoms with Crippen LogP contribution < -0.4 is 0 Å². The number of fused-ring (bicyclic) bond motifs is 5. The Labute approximate surface area is 174 Å². The van der Waals surface area contributed by atoms with Gasteiger partial charge in [0.15, 0.2) is 0 Å². The monoisotopic (exact) mass is 386 g/mol. The second-order valence-electron chi connectivity index (χ2n) is 12.1. The van der Waals surface area contributed by atoms with Gasteiger partial charge in [0.05, 0.1) is 6.10 Å². The van der Waals surface area contributed by atoms with Crippen LogP contribution in [0.3, 0.4) is 0 Å². The van der Waals surface area contributed by atoms with Crippen LogP contribution in [0.4, 0.5) is 0 Å². The fraction of sp³-hybridized carbons (Fsp3) is 0.926. The molecule has 0 amide bonds. The van der Waals surface area contributed by atoms with Crippen molar-refractivity contribution in [3.8, 4) is 0 Å². The molecule has 8 atom stereocenters. The molecule has 0 radical (unpaired) electrons. The molecule has 0 aromatic carbocycles. The van der Waals surface area contributed by atoms with Crippen LogP contribution in [0.2, 0.25) is 0 Å². The molecule has 3 saturated carbocycles. The molecule has 0 aliphatic heterocycles. The molecule has 0 bridgehead atoms. The maximum Gasteiger partial charge on any atom is 0.0568 e. The highest BCUT2D eigenvalue weighted by Gasteiger charge is 2.59. The first-order valence-corrected chi connectivity index (χ1v) is 12.6. The second-order valence-corrected chi connectivity index (χ2v) is 12.1. The lowest BCUT2D eigenvalue weighted by atomic mass is 9.47. The third-order valence-electron chi connectivity index (χ3n) is 10.4. The largest absolute Gasteiger partial charge is 0.393 e. The molecule has 0 saturated heterocycles. The summed E-state index contributed by atoms with van der Waals surface area (Å²) in [5, 5.41) is 11.0. The number of allylic oxidation sites excluding steroid dienone is 2. The number of hydrogen-bond acceptors (Lipinski definition) is 1. The molecule has 1 nitrogen and oxygen atoms in total. The Hall–Kier alpha value is -0.300. The molecule has 1 heteroatoms. The summed E-state index contributed by atoms with van der Waals surface area (Å²) < 4.78 is 0. The predicted octanol–water partition coefficient (Wildman–Crippen LogP) is 7.39. The lowest BCUT2D eigenvalue weighted by molar-refractivity contribution is -0.0629. The van der Waals surface area contributed by atoms with E-state index in [-0.39, 0.29) is 6.10 Å². The molecule has 160 valence electrons. The molecule has 1 unspecified atom stereocenters. The fourth-order valence-electron chi connectivity index (χ4n) is 8.64. The highest BCUT2D eigenvalue weighted by atomic mass is 16.3. The van der Waals surface area contributed by atoms with Gasteiger partial charge in [-0.3, -0.25) is 0 Å². The lowest BCUT2D eigenvalue weighted by Gasteiger charge is -2.58. The fourth-order valence-corrected chi connectivity index (χ4v) is 8.64. The van der Waals surface area contributed by atoms with Gasteiger partial charge in [-0.05, 0) is 111 Å². The van der Waals surface area contributed by atoms with Crippen molar-refractivity contribution in [2.45, 2.75) is 111 Å². The molecule has 1 N–H and O–H groups in total. The van der Waals surface area contributed by atoms with Crippen LogP contribution in [0.1, 0.15) is 105 Å². The first kappa shape index (κ1) is 21.0. The first-order valence-electron chi connectivity index (χ1n) is 12.6. The molecule has 4 aliphatic rings. The molecule has 4 aliphatic carbocycles. The van der Waals surface area contributed by atoms with Crippen molar-refractivity contribution in [2.75, 3.05) is 0 Å². The average molecular weight is 387 g/mol. The predicted molar refractivity (Wildman–Crippen MR) is 119 cm³/mol. The van der Waals surface area contributed by atoms with Crippen LogP contribution in [0, 0.1) is 46.3 Å². The smallest absolute Gasteiger partial charge is 0.0568 e. The maximum absolute atomic E-state index is 11.0. The Balaban J connectivity index is 1.51. The highest BCUT2D eigenvalue weighted by Crippen LogP contribution is 2.67. The summed E-state index contributed by atoms with van der Waals surface area (Å²) in [6.45, 7) is 12.2. The Bertz CT molecular complexity index is 591. The summed E-state index contributed by atoms with van der Waals surface area (Å²) in [6, 6.07) is 0. The van der Waals surface area contributed by atoms with Gasteiger partial charge in [0.1, 0.15) is 0 Å². The van der Waals surface area contributed by atoms with Gasteiger partial charge >= 0.3 is 0 Å². The average Bonchev–Trinajstić information content (AvgIpc) is 3.02. The van der Waals surface area contributed by atoms with Crippen molar-refractivity contribution in [1.29, 1.82) is 0 Å². The zero-order valence-electron chi connectivity index (χ0n) is 19.3. The minimum absolute atomic E-state index is 0.102. The van der Waals surface area contributed by atoms with E-state index in [0.29, 0.717) is 22.7 Å². The summed E-state index contributed by atoms with van der Waals surface area (Å²) >= 11 is 0. The molecule has 4 rings (SSSR count). The van der Waals surface area contributed by atoms with Crippen LogP contribution in [-0.2, 0) is 0 Å². The number of hydrogen-bond donors (Lipinski definition) is 1. The van der Waals surface area contributed by atoms with Gasteiger partial charge in [-0.15, -0.1) is 0 Å². The van der Waals surface area contributed by atoms with Gasteiger partial charge < -0.3 is 5.11 Å². The zero-order chi connectivity index (χ0) is 20.1. The lowest BCUT2D eigenvalue weighted by Crippen LogP contribution is -2.50. The van der Waals surface area contributed by atoms with E-state index in [1.165, 1.54) is 57.8 Å². The zero-order valence-corrected chi connectivity index (χ0v) is 19.3. The number of aliphatic hydroxyl groups is 1. The van der Waals surface area contributed by atoms with E-state index in [2.05, 4.69) is 40.7 Å². The molecular weight excluding hydrogens is 340 g/mol. The van der Waals surface area contributed by atoms with Crippen molar-refractivity contribution in [2.24, 2.45) is 46.3 Å². The second kappa shape index (κ2) is 7.75. The Morgan fingerprint density at radius 1 is 1.00 bits per heavy atom. The van der Waals surface area contributed by atoms with Crippen molar-refractivity contribution in [3.63, 3.8) is 0 Å². The SMILES string of the molecule is CC(C)CCC(O)[C@@H](C)[C@H]1CC[C@H]2[C@@H]3CC=C4CCCC[C@]4(C)[C@H]3CC[C@]12C.